The number of aryl methyl sites for hydroxylation is 1. The molecule has 0 amide bonds. The standard InChI is InChI=1S/C16H20ClNO3/c1-3-8-18-12-6-5-11(9-14(12)21-16(18)19)15(17)13-7-4-10(2)20-13/h5-6,9-10,13,15H,3-4,7-8H2,1-2H3. The zero-order valence-electron chi connectivity index (χ0n) is 12.3. The molecule has 1 fully saturated rings. The molecule has 4 nitrogen and oxygen atoms in total. The Morgan fingerprint density at radius 3 is 2.90 bits per heavy atom. The van der Waals surface area contributed by atoms with Crippen LogP contribution in [0.4, 0.5) is 0 Å². The molecule has 0 N–H and O–H groups in total. The highest BCUT2D eigenvalue weighted by Crippen LogP contribution is 2.35. The molecule has 3 atom stereocenters. The Balaban J connectivity index is 1.92. The number of hydrogen-bond donors (Lipinski definition) is 0. The van der Waals surface area contributed by atoms with E-state index in [9.17, 15) is 4.79 Å². The van der Waals surface area contributed by atoms with Gasteiger partial charge in [-0.3, -0.25) is 4.57 Å². The average Bonchev–Trinajstić information content (AvgIpc) is 3.02. The summed E-state index contributed by atoms with van der Waals surface area (Å²) in [6, 6.07) is 5.75. The van der Waals surface area contributed by atoms with Gasteiger partial charge in [0, 0.05) is 6.54 Å². The molecule has 2 heterocycles. The van der Waals surface area contributed by atoms with Crippen LogP contribution in [0.5, 0.6) is 0 Å². The Morgan fingerprint density at radius 1 is 1.43 bits per heavy atom. The average molecular weight is 310 g/mol. The second-order valence-electron chi connectivity index (χ2n) is 5.71. The van der Waals surface area contributed by atoms with Crippen LogP contribution in [-0.2, 0) is 11.3 Å². The van der Waals surface area contributed by atoms with Gasteiger partial charge >= 0.3 is 5.76 Å². The number of benzene rings is 1. The van der Waals surface area contributed by atoms with Gasteiger partial charge in [-0.1, -0.05) is 13.0 Å². The van der Waals surface area contributed by atoms with Gasteiger partial charge in [-0.15, -0.1) is 11.6 Å². The zero-order valence-corrected chi connectivity index (χ0v) is 13.1. The zero-order chi connectivity index (χ0) is 15.0. The van der Waals surface area contributed by atoms with Gasteiger partial charge in [-0.25, -0.2) is 4.79 Å². The first-order chi connectivity index (χ1) is 10.1. The predicted octanol–water partition coefficient (Wildman–Crippen LogP) is 3.85. The highest BCUT2D eigenvalue weighted by molar-refractivity contribution is 6.21. The second-order valence-corrected chi connectivity index (χ2v) is 6.18. The minimum atomic E-state index is -0.305. The highest BCUT2D eigenvalue weighted by atomic mass is 35.5. The van der Waals surface area contributed by atoms with Crippen LogP contribution in [0.3, 0.4) is 0 Å². The van der Waals surface area contributed by atoms with E-state index < -0.39 is 0 Å². The van der Waals surface area contributed by atoms with Gasteiger partial charge in [0.15, 0.2) is 5.58 Å². The summed E-state index contributed by atoms with van der Waals surface area (Å²) in [6.07, 6.45) is 3.20. The van der Waals surface area contributed by atoms with Crippen LogP contribution in [0, 0.1) is 0 Å². The Labute approximate surface area is 128 Å². The van der Waals surface area contributed by atoms with Crippen LogP contribution >= 0.6 is 11.6 Å². The molecule has 5 heteroatoms. The first kappa shape index (κ1) is 14.7. The molecule has 0 saturated carbocycles. The summed E-state index contributed by atoms with van der Waals surface area (Å²) in [4.78, 5) is 11.8. The minimum Gasteiger partial charge on any atom is -0.408 e. The second kappa shape index (κ2) is 5.85. The molecule has 114 valence electrons. The van der Waals surface area contributed by atoms with E-state index in [2.05, 4.69) is 6.92 Å². The van der Waals surface area contributed by atoms with Crippen molar-refractivity contribution in [2.75, 3.05) is 0 Å². The fourth-order valence-electron chi connectivity index (χ4n) is 2.95. The van der Waals surface area contributed by atoms with E-state index in [1.807, 2.05) is 25.1 Å². The van der Waals surface area contributed by atoms with Crippen molar-refractivity contribution in [3.63, 3.8) is 0 Å². The van der Waals surface area contributed by atoms with E-state index in [1.165, 1.54) is 0 Å². The van der Waals surface area contributed by atoms with E-state index in [-0.39, 0.29) is 23.3 Å². The third-order valence-corrected chi connectivity index (χ3v) is 4.58. The molecule has 3 rings (SSSR count). The van der Waals surface area contributed by atoms with Gasteiger partial charge in [0.05, 0.1) is 23.1 Å². The Kier molecular flexibility index (Phi) is 4.09. The molecular formula is C16H20ClNO3. The molecule has 0 radical (unpaired) electrons. The number of fused-ring (bicyclic) bond motifs is 1. The van der Waals surface area contributed by atoms with Crippen molar-refractivity contribution < 1.29 is 9.15 Å². The van der Waals surface area contributed by atoms with E-state index in [4.69, 9.17) is 20.8 Å². The van der Waals surface area contributed by atoms with Crippen molar-refractivity contribution in [3.8, 4) is 0 Å². The topological polar surface area (TPSA) is 44.4 Å². The van der Waals surface area contributed by atoms with Crippen LogP contribution in [0.1, 0.15) is 44.1 Å². The van der Waals surface area contributed by atoms with Gasteiger partial charge < -0.3 is 9.15 Å². The lowest BCUT2D eigenvalue weighted by Crippen LogP contribution is -2.14. The minimum absolute atomic E-state index is 0.0311. The SMILES string of the molecule is CCCn1c(=O)oc2cc(C(Cl)C3CCC(C)O3)ccc21. The molecule has 1 saturated heterocycles. The lowest BCUT2D eigenvalue weighted by molar-refractivity contribution is 0.0533. The van der Waals surface area contributed by atoms with Crippen molar-refractivity contribution >= 4 is 22.7 Å². The molecule has 2 aromatic rings. The Hall–Kier alpha value is -1.26. The van der Waals surface area contributed by atoms with Crippen LogP contribution in [0.25, 0.3) is 11.1 Å². The molecule has 1 aromatic carbocycles. The molecule has 1 aliphatic rings. The van der Waals surface area contributed by atoms with Crippen LogP contribution in [0.2, 0.25) is 0 Å². The molecular weight excluding hydrogens is 290 g/mol. The summed E-state index contributed by atoms with van der Waals surface area (Å²) in [5, 5.41) is -0.209. The number of rotatable bonds is 4. The maximum Gasteiger partial charge on any atom is 0.419 e. The lowest BCUT2D eigenvalue weighted by Gasteiger charge is -2.17. The molecule has 1 aromatic heterocycles. The van der Waals surface area contributed by atoms with Crippen molar-refractivity contribution in [3.05, 3.63) is 34.3 Å². The van der Waals surface area contributed by atoms with E-state index in [0.717, 1.165) is 30.3 Å². The summed E-state index contributed by atoms with van der Waals surface area (Å²) in [6.45, 7) is 4.77. The third kappa shape index (κ3) is 2.74. The smallest absolute Gasteiger partial charge is 0.408 e. The maximum absolute atomic E-state index is 11.8. The first-order valence-electron chi connectivity index (χ1n) is 7.53. The highest BCUT2D eigenvalue weighted by Gasteiger charge is 2.29. The molecule has 0 bridgehead atoms. The summed E-state index contributed by atoms with van der Waals surface area (Å²) < 4.78 is 12.8. The van der Waals surface area contributed by atoms with Crippen LogP contribution in [0.15, 0.2) is 27.4 Å². The molecule has 0 aliphatic carbocycles. The quantitative estimate of drug-likeness (QED) is 0.806. The number of ether oxygens (including phenoxy) is 1. The van der Waals surface area contributed by atoms with Crippen molar-refractivity contribution in [1.82, 2.24) is 4.57 Å². The fraction of sp³-hybridized carbons (Fsp3) is 0.562. The molecule has 0 spiro atoms. The van der Waals surface area contributed by atoms with Gasteiger partial charge in [0.2, 0.25) is 0 Å². The maximum atomic E-state index is 11.8. The van der Waals surface area contributed by atoms with Crippen molar-refractivity contribution in [2.24, 2.45) is 0 Å². The van der Waals surface area contributed by atoms with Gasteiger partial charge in [0.25, 0.3) is 0 Å². The van der Waals surface area contributed by atoms with Gasteiger partial charge in [-0.2, -0.15) is 0 Å². The largest absolute Gasteiger partial charge is 0.419 e. The molecule has 21 heavy (non-hydrogen) atoms. The van der Waals surface area contributed by atoms with Crippen molar-refractivity contribution in [2.45, 2.75) is 57.2 Å². The number of halogens is 1. The van der Waals surface area contributed by atoms with Crippen LogP contribution in [-0.4, -0.2) is 16.8 Å². The Morgan fingerprint density at radius 2 is 2.24 bits per heavy atom. The predicted molar refractivity (Wildman–Crippen MR) is 82.9 cm³/mol. The Bertz CT molecular complexity index is 690. The van der Waals surface area contributed by atoms with Crippen LogP contribution < -0.4 is 5.76 Å². The summed E-state index contributed by atoms with van der Waals surface area (Å²) in [7, 11) is 0. The van der Waals surface area contributed by atoms with Gasteiger partial charge in [0.1, 0.15) is 0 Å². The summed E-state index contributed by atoms with van der Waals surface area (Å²) in [5.41, 5.74) is 2.37. The summed E-state index contributed by atoms with van der Waals surface area (Å²) >= 11 is 6.53. The number of oxazole rings is 1. The van der Waals surface area contributed by atoms with Gasteiger partial charge in [-0.05, 0) is 43.9 Å². The number of nitrogens with zero attached hydrogens (tertiary/aromatic N) is 1. The van der Waals surface area contributed by atoms with E-state index in [0.29, 0.717) is 12.1 Å². The monoisotopic (exact) mass is 309 g/mol. The normalized spacial score (nSPS) is 23.8. The summed E-state index contributed by atoms with van der Waals surface area (Å²) in [5.74, 6) is -0.305. The number of hydrogen-bond acceptors (Lipinski definition) is 3. The number of aromatic nitrogens is 1. The first-order valence-corrected chi connectivity index (χ1v) is 7.96. The molecule has 1 aliphatic heterocycles. The third-order valence-electron chi connectivity index (χ3n) is 4.05. The van der Waals surface area contributed by atoms with E-state index in [1.54, 1.807) is 4.57 Å². The number of alkyl halides is 1. The van der Waals surface area contributed by atoms with E-state index >= 15 is 0 Å². The fourth-order valence-corrected chi connectivity index (χ4v) is 3.27. The van der Waals surface area contributed by atoms with Crippen molar-refractivity contribution in [1.29, 1.82) is 0 Å². The lowest BCUT2D eigenvalue weighted by atomic mass is 10.0. The molecule has 3 unspecified atom stereocenters.